The normalized spacial score (nSPS) is 11.8. The van der Waals surface area contributed by atoms with Crippen LogP contribution in [-0.2, 0) is 6.18 Å². The molecule has 0 atom stereocenters. The molecule has 0 aliphatic carbocycles. The topological polar surface area (TPSA) is 73.8 Å². The number of hydrogen-bond acceptors (Lipinski definition) is 3. The molecular weight excluding hydrogens is 297 g/mol. The molecule has 0 spiro atoms. The maximum atomic E-state index is 12.8. The van der Waals surface area contributed by atoms with E-state index in [1.54, 1.807) is 24.3 Å². The largest absolute Gasteiger partial charge is 0.417 e. The lowest BCUT2D eigenvalue weighted by atomic mass is 10.2. The Kier molecular flexibility index (Phi) is 3.09. The molecule has 0 saturated carbocycles. The lowest BCUT2D eigenvalue weighted by Gasteiger charge is -2.08. The lowest BCUT2D eigenvalue weighted by Crippen LogP contribution is -2.13. The monoisotopic (exact) mass is 306 g/mol. The molecule has 0 fully saturated rings. The number of primary amides is 1. The molecule has 0 bridgehead atoms. The number of fused-ring (bicyclic) bond motifs is 1. The molecule has 0 unspecified atom stereocenters. The number of halogens is 3. The number of hydrogen-bond donors (Lipinski definition) is 1. The quantitative estimate of drug-likeness (QED) is 0.790. The van der Waals surface area contributed by atoms with E-state index in [1.165, 1.54) is 10.9 Å². The van der Waals surface area contributed by atoms with Crippen LogP contribution in [0, 0.1) is 0 Å². The first-order valence-corrected chi connectivity index (χ1v) is 6.18. The van der Waals surface area contributed by atoms with E-state index < -0.39 is 17.6 Å². The molecule has 0 aliphatic heterocycles. The first kappa shape index (κ1) is 14.1. The van der Waals surface area contributed by atoms with Gasteiger partial charge < -0.3 is 5.73 Å². The minimum absolute atomic E-state index is 0.00647. The molecule has 2 aromatic heterocycles. The Labute approximate surface area is 122 Å². The number of benzene rings is 1. The Morgan fingerprint density at radius 3 is 2.59 bits per heavy atom. The van der Waals surface area contributed by atoms with Gasteiger partial charge in [-0.1, -0.05) is 18.2 Å². The van der Waals surface area contributed by atoms with Gasteiger partial charge in [0, 0.05) is 11.6 Å². The fourth-order valence-corrected chi connectivity index (χ4v) is 2.14. The van der Waals surface area contributed by atoms with Gasteiger partial charge in [0.25, 0.3) is 5.91 Å². The smallest absolute Gasteiger partial charge is 0.364 e. The van der Waals surface area contributed by atoms with E-state index >= 15 is 0 Å². The van der Waals surface area contributed by atoms with Gasteiger partial charge in [0.05, 0.1) is 23.0 Å². The second kappa shape index (κ2) is 4.83. The standard InChI is InChI=1S/C14H9F3N4O/c15-14(16,17)8-5-9(7-19-6-8)21-11-4-2-1-3-10(11)12(20-21)13(18)22/h1-7H,(H2,18,22). The van der Waals surface area contributed by atoms with Gasteiger partial charge in [0.2, 0.25) is 0 Å². The average molecular weight is 306 g/mol. The molecule has 0 aliphatic rings. The number of amides is 1. The summed E-state index contributed by atoms with van der Waals surface area (Å²) in [7, 11) is 0. The molecule has 0 saturated heterocycles. The van der Waals surface area contributed by atoms with Gasteiger partial charge in [-0.2, -0.15) is 18.3 Å². The molecule has 1 aromatic carbocycles. The van der Waals surface area contributed by atoms with Crippen molar-refractivity contribution < 1.29 is 18.0 Å². The molecule has 3 rings (SSSR count). The van der Waals surface area contributed by atoms with Crippen LogP contribution >= 0.6 is 0 Å². The number of pyridine rings is 1. The summed E-state index contributed by atoms with van der Waals surface area (Å²) in [5.74, 6) is -0.755. The van der Waals surface area contributed by atoms with Crippen molar-refractivity contribution >= 4 is 16.8 Å². The van der Waals surface area contributed by atoms with Gasteiger partial charge >= 0.3 is 6.18 Å². The van der Waals surface area contributed by atoms with Crippen molar-refractivity contribution in [3.63, 3.8) is 0 Å². The fraction of sp³-hybridized carbons (Fsp3) is 0.0714. The maximum absolute atomic E-state index is 12.8. The molecule has 8 heteroatoms. The molecule has 112 valence electrons. The Morgan fingerprint density at radius 2 is 1.91 bits per heavy atom. The van der Waals surface area contributed by atoms with E-state index in [0.717, 1.165) is 12.3 Å². The Hall–Kier alpha value is -2.90. The van der Waals surface area contributed by atoms with Crippen LogP contribution in [0.4, 0.5) is 13.2 Å². The van der Waals surface area contributed by atoms with Crippen LogP contribution in [-0.4, -0.2) is 20.7 Å². The van der Waals surface area contributed by atoms with E-state index in [9.17, 15) is 18.0 Å². The molecule has 1 amide bonds. The maximum Gasteiger partial charge on any atom is 0.417 e. The van der Waals surface area contributed by atoms with E-state index in [0.29, 0.717) is 10.9 Å². The van der Waals surface area contributed by atoms with Crippen molar-refractivity contribution in [1.29, 1.82) is 0 Å². The second-order valence-corrected chi connectivity index (χ2v) is 4.57. The van der Waals surface area contributed by atoms with Gasteiger partial charge in [-0.25, -0.2) is 4.68 Å². The molecule has 0 radical (unpaired) electrons. The predicted octanol–water partition coefficient (Wildman–Crippen LogP) is 2.54. The zero-order chi connectivity index (χ0) is 15.9. The molecular formula is C14H9F3N4O. The second-order valence-electron chi connectivity index (χ2n) is 4.57. The summed E-state index contributed by atoms with van der Waals surface area (Å²) in [6.45, 7) is 0. The summed E-state index contributed by atoms with van der Waals surface area (Å²) in [4.78, 5) is 15.0. The van der Waals surface area contributed by atoms with Gasteiger partial charge in [0.15, 0.2) is 5.69 Å². The van der Waals surface area contributed by atoms with Crippen LogP contribution in [0.5, 0.6) is 0 Å². The van der Waals surface area contributed by atoms with Crippen LogP contribution in [0.2, 0.25) is 0 Å². The summed E-state index contributed by atoms with van der Waals surface area (Å²) < 4.78 is 39.6. The highest BCUT2D eigenvalue weighted by atomic mass is 19.4. The zero-order valence-corrected chi connectivity index (χ0v) is 11.0. The fourth-order valence-electron chi connectivity index (χ4n) is 2.14. The number of aromatic nitrogens is 3. The third-order valence-electron chi connectivity index (χ3n) is 3.12. The van der Waals surface area contributed by atoms with Crippen molar-refractivity contribution in [2.24, 2.45) is 5.73 Å². The van der Waals surface area contributed by atoms with Gasteiger partial charge in [0.1, 0.15) is 0 Å². The highest BCUT2D eigenvalue weighted by Gasteiger charge is 2.31. The van der Waals surface area contributed by atoms with Crippen molar-refractivity contribution in [2.45, 2.75) is 6.18 Å². The number of carbonyl (C=O) groups excluding carboxylic acids is 1. The SMILES string of the molecule is NC(=O)c1nn(-c2cncc(C(F)(F)F)c2)c2ccccc12. The number of para-hydroxylation sites is 1. The summed E-state index contributed by atoms with van der Waals surface area (Å²) in [6.07, 6.45) is -2.55. The zero-order valence-electron chi connectivity index (χ0n) is 11.0. The molecule has 22 heavy (non-hydrogen) atoms. The Morgan fingerprint density at radius 1 is 1.18 bits per heavy atom. The first-order chi connectivity index (χ1) is 10.4. The van der Waals surface area contributed by atoms with Crippen LogP contribution < -0.4 is 5.73 Å². The molecule has 2 heterocycles. The van der Waals surface area contributed by atoms with E-state index in [4.69, 9.17) is 5.73 Å². The van der Waals surface area contributed by atoms with Crippen LogP contribution in [0.1, 0.15) is 16.1 Å². The molecule has 2 N–H and O–H groups in total. The number of nitrogens with two attached hydrogens (primary N) is 1. The van der Waals surface area contributed by atoms with Crippen molar-refractivity contribution in [3.05, 3.63) is 54.0 Å². The third-order valence-corrected chi connectivity index (χ3v) is 3.12. The van der Waals surface area contributed by atoms with Crippen LogP contribution in [0.3, 0.4) is 0 Å². The minimum atomic E-state index is -4.52. The van der Waals surface area contributed by atoms with E-state index in [2.05, 4.69) is 10.1 Å². The van der Waals surface area contributed by atoms with Gasteiger partial charge in [-0.15, -0.1) is 0 Å². The predicted molar refractivity (Wildman–Crippen MR) is 72.4 cm³/mol. The van der Waals surface area contributed by atoms with Gasteiger partial charge in [-0.05, 0) is 12.1 Å². The van der Waals surface area contributed by atoms with E-state index in [-0.39, 0.29) is 11.4 Å². The molecule has 5 nitrogen and oxygen atoms in total. The summed E-state index contributed by atoms with van der Waals surface area (Å²) >= 11 is 0. The Balaban J connectivity index is 2.25. The number of alkyl halides is 3. The van der Waals surface area contributed by atoms with Crippen molar-refractivity contribution in [2.75, 3.05) is 0 Å². The van der Waals surface area contributed by atoms with Gasteiger partial charge in [-0.3, -0.25) is 9.78 Å². The summed E-state index contributed by atoms with van der Waals surface area (Å²) in [6, 6.07) is 7.55. The number of nitrogens with zero attached hydrogens (tertiary/aromatic N) is 3. The lowest BCUT2D eigenvalue weighted by molar-refractivity contribution is -0.137. The number of rotatable bonds is 2. The van der Waals surface area contributed by atoms with Crippen LogP contribution in [0.25, 0.3) is 16.6 Å². The highest BCUT2D eigenvalue weighted by Crippen LogP contribution is 2.30. The highest BCUT2D eigenvalue weighted by molar-refractivity contribution is 6.04. The summed E-state index contributed by atoms with van der Waals surface area (Å²) in [5.41, 5.74) is 4.92. The van der Waals surface area contributed by atoms with Crippen molar-refractivity contribution in [1.82, 2.24) is 14.8 Å². The molecule has 3 aromatic rings. The van der Waals surface area contributed by atoms with Crippen LogP contribution in [0.15, 0.2) is 42.7 Å². The average Bonchev–Trinajstić information content (AvgIpc) is 2.86. The van der Waals surface area contributed by atoms with E-state index in [1.807, 2.05) is 0 Å². The minimum Gasteiger partial charge on any atom is -0.364 e. The third kappa shape index (κ3) is 2.28. The summed E-state index contributed by atoms with van der Waals surface area (Å²) in [5, 5.41) is 4.48. The first-order valence-electron chi connectivity index (χ1n) is 6.18. The van der Waals surface area contributed by atoms with Crippen molar-refractivity contribution in [3.8, 4) is 5.69 Å². The number of carbonyl (C=O) groups is 1. The Bertz CT molecular complexity index is 870.